The molecule has 0 saturated heterocycles. The fourth-order valence-electron chi connectivity index (χ4n) is 6.43. The first-order valence-electron chi connectivity index (χ1n) is 19.0. The maximum absolute atomic E-state index is 14.2. The summed E-state index contributed by atoms with van der Waals surface area (Å²) in [6, 6.07) is 3.88. The highest BCUT2D eigenvalue weighted by Crippen LogP contribution is 2.26. The van der Waals surface area contributed by atoms with Crippen molar-refractivity contribution in [1.82, 2.24) is 36.6 Å². The average Bonchev–Trinajstić information content (AvgIpc) is 3.96. The number of aromatic nitrogens is 2. The Morgan fingerprint density at radius 3 is 2.07 bits per heavy atom. The first kappa shape index (κ1) is 42.9. The van der Waals surface area contributed by atoms with Gasteiger partial charge in [0.25, 0.3) is 18.3 Å². The van der Waals surface area contributed by atoms with Gasteiger partial charge in [-0.3, -0.25) is 28.8 Å². The number of thiazole rings is 2. The summed E-state index contributed by atoms with van der Waals surface area (Å²) >= 11 is 2.33. The van der Waals surface area contributed by atoms with Gasteiger partial charge in [-0.25, -0.2) is 15.0 Å². The molecule has 0 spiro atoms. The minimum Gasteiger partial charge on any atom is -0.474 e. The van der Waals surface area contributed by atoms with Crippen molar-refractivity contribution >= 4 is 64.6 Å². The number of hydrogen-bond donors (Lipinski definition) is 5. The molecule has 57 heavy (non-hydrogen) atoms. The van der Waals surface area contributed by atoms with E-state index in [2.05, 4.69) is 41.5 Å². The third kappa shape index (κ3) is 10.8. The molecule has 6 bridgehead atoms. The highest BCUT2D eigenvalue weighted by Gasteiger charge is 2.39. The smallest absolute Gasteiger partial charge is 0.293 e. The van der Waals surface area contributed by atoms with Gasteiger partial charge < -0.3 is 36.1 Å². The standard InChI is InChI=1S/C39H50N8O8S2/c1-8-20(4)29-34(51)46-30(22(6)54-18-48)36(53)42-26(15-24-12-10-9-11-13-24)39-44-27(17-57-39)32(49)41-25(14-19(2)3)37-47-31(23(7)55-37)35(52)40-21(5)38-43-28(16-56-38)33(50)45-29/h9-13,16-23,25-26,29-31H,8,14-15H2,1-7H3,(H,40,52)(H,41,49)(H,42,53)(H,45,50)(H,46,51). The maximum atomic E-state index is 14.2. The van der Waals surface area contributed by atoms with E-state index in [9.17, 15) is 28.8 Å². The number of nitrogens with one attached hydrogen (secondary N) is 5. The Morgan fingerprint density at radius 1 is 0.789 bits per heavy atom. The van der Waals surface area contributed by atoms with E-state index in [0.29, 0.717) is 22.9 Å². The van der Waals surface area contributed by atoms with Gasteiger partial charge in [0.15, 0.2) is 6.04 Å². The lowest BCUT2D eigenvalue weighted by Gasteiger charge is -2.29. The summed E-state index contributed by atoms with van der Waals surface area (Å²) in [7, 11) is 0. The molecule has 306 valence electrons. The largest absolute Gasteiger partial charge is 0.474 e. The van der Waals surface area contributed by atoms with Crippen LogP contribution in [-0.2, 0) is 35.1 Å². The minimum atomic E-state index is -1.39. The second-order valence-electron chi connectivity index (χ2n) is 14.8. The molecule has 9 unspecified atom stereocenters. The van der Waals surface area contributed by atoms with Crippen LogP contribution < -0.4 is 26.6 Å². The van der Waals surface area contributed by atoms with Crippen molar-refractivity contribution in [3.8, 4) is 0 Å². The highest BCUT2D eigenvalue weighted by molar-refractivity contribution is 7.10. The van der Waals surface area contributed by atoms with E-state index in [1.165, 1.54) is 23.6 Å². The number of ether oxygens (including phenoxy) is 2. The summed E-state index contributed by atoms with van der Waals surface area (Å²) in [6.07, 6.45) is -0.529. The van der Waals surface area contributed by atoms with Crippen LogP contribution in [-0.4, -0.2) is 88.2 Å². The van der Waals surface area contributed by atoms with Gasteiger partial charge in [-0.15, -0.1) is 22.7 Å². The molecule has 5 amide bonds. The molecular formula is C39H50N8O8S2. The van der Waals surface area contributed by atoms with Crippen LogP contribution in [0.1, 0.15) is 110 Å². The van der Waals surface area contributed by atoms with E-state index >= 15 is 0 Å². The monoisotopic (exact) mass is 822 g/mol. The molecule has 5 N–H and O–H groups in total. The van der Waals surface area contributed by atoms with Crippen LogP contribution in [0.3, 0.4) is 0 Å². The summed E-state index contributed by atoms with van der Waals surface area (Å²) in [5, 5.41) is 18.3. The topological polar surface area (TPSA) is 219 Å². The van der Waals surface area contributed by atoms with Gasteiger partial charge in [0, 0.05) is 10.8 Å². The maximum Gasteiger partial charge on any atom is 0.293 e. The van der Waals surface area contributed by atoms with Crippen molar-refractivity contribution in [3.05, 3.63) is 68.1 Å². The van der Waals surface area contributed by atoms with E-state index in [0.717, 1.165) is 16.9 Å². The average molecular weight is 823 g/mol. The van der Waals surface area contributed by atoms with E-state index < -0.39 is 78.0 Å². The molecule has 3 aromatic rings. The van der Waals surface area contributed by atoms with E-state index in [-0.39, 0.29) is 42.0 Å². The first-order chi connectivity index (χ1) is 27.2. The number of carbonyl (C=O) groups excluding carboxylic acids is 6. The molecule has 0 saturated carbocycles. The lowest BCUT2D eigenvalue weighted by Crippen LogP contribution is -2.59. The third-order valence-electron chi connectivity index (χ3n) is 9.83. The fourth-order valence-corrected chi connectivity index (χ4v) is 8.09. The van der Waals surface area contributed by atoms with Crippen LogP contribution in [0.2, 0.25) is 0 Å². The van der Waals surface area contributed by atoms with Gasteiger partial charge in [-0.1, -0.05) is 64.4 Å². The predicted molar refractivity (Wildman–Crippen MR) is 214 cm³/mol. The van der Waals surface area contributed by atoms with Gasteiger partial charge in [0.2, 0.25) is 23.6 Å². The van der Waals surface area contributed by atoms with Crippen LogP contribution >= 0.6 is 22.7 Å². The number of amides is 5. The quantitative estimate of drug-likeness (QED) is 0.198. The molecule has 16 nitrogen and oxygen atoms in total. The summed E-state index contributed by atoms with van der Waals surface area (Å²) in [6.45, 7) is 12.7. The van der Waals surface area contributed by atoms with Crippen LogP contribution in [0.4, 0.5) is 0 Å². The molecule has 2 aromatic heterocycles. The number of aliphatic imine (C=N–C) groups is 1. The number of hydrogen-bond acceptors (Lipinski definition) is 13. The van der Waals surface area contributed by atoms with Gasteiger partial charge in [-0.2, -0.15) is 0 Å². The SMILES string of the molecule is CCC(C)C1NC(=O)c2csc(n2)C(C)NC(=O)C2N=C(OC2C)C(CC(C)C)NC(=O)c2csc(n2)C(Cc2ccccc2)NC(=O)C(C(C)OC=O)NC1=O. The Bertz CT molecular complexity index is 1950. The zero-order chi connectivity index (χ0) is 41.4. The summed E-state index contributed by atoms with van der Waals surface area (Å²) in [4.78, 5) is 94.3. The fraction of sp³-hybridized carbons (Fsp3) is 0.513. The van der Waals surface area contributed by atoms with Crippen molar-refractivity contribution in [2.45, 2.75) is 116 Å². The Labute approximate surface area is 339 Å². The lowest BCUT2D eigenvalue weighted by atomic mass is 9.97. The molecule has 2 aliphatic heterocycles. The van der Waals surface area contributed by atoms with Gasteiger partial charge >= 0.3 is 0 Å². The third-order valence-corrected chi connectivity index (χ3v) is 11.8. The molecule has 5 rings (SSSR count). The summed E-state index contributed by atoms with van der Waals surface area (Å²) in [5.74, 6) is -2.95. The molecule has 18 heteroatoms. The molecule has 0 radical (unpaired) electrons. The number of fused-ring (bicyclic) bond motifs is 5. The predicted octanol–water partition coefficient (Wildman–Crippen LogP) is 3.41. The van der Waals surface area contributed by atoms with Crippen molar-refractivity contribution in [3.63, 3.8) is 0 Å². The van der Waals surface area contributed by atoms with Crippen molar-refractivity contribution in [2.24, 2.45) is 16.8 Å². The van der Waals surface area contributed by atoms with Crippen LogP contribution in [0.5, 0.6) is 0 Å². The first-order valence-corrected chi connectivity index (χ1v) is 20.8. The molecule has 9 atom stereocenters. The van der Waals surface area contributed by atoms with Crippen LogP contribution in [0, 0.1) is 11.8 Å². The molecule has 0 aliphatic carbocycles. The zero-order valence-corrected chi connectivity index (χ0v) is 34.6. The van der Waals surface area contributed by atoms with Crippen molar-refractivity contribution in [1.29, 1.82) is 0 Å². The lowest BCUT2D eigenvalue weighted by molar-refractivity contribution is -0.141. The van der Waals surface area contributed by atoms with Gasteiger partial charge in [0.1, 0.15) is 51.7 Å². The number of carbonyl (C=O) groups is 6. The Kier molecular flexibility index (Phi) is 14.5. The second kappa shape index (κ2) is 19.3. The minimum absolute atomic E-state index is 0.0373. The second-order valence-corrected chi connectivity index (χ2v) is 16.6. The Hall–Kier alpha value is -5.23. The number of rotatable bonds is 9. The Morgan fingerprint density at radius 2 is 1.42 bits per heavy atom. The normalized spacial score (nSPS) is 26.0. The number of benzene rings is 1. The van der Waals surface area contributed by atoms with Crippen LogP contribution in [0.15, 0.2) is 46.1 Å². The Balaban J connectivity index is 1.56. The van der Waals surface area contributed by atoms with Crippen molar-refractivity contribution < 1.29 is 38.2 Å². The molecular weight excluding hydrogens is 773 g/mol. The summed E-state index contributed by atoms with van der Waals surface area (Å²) in [5.41, 5.74) is 0.989. The van der Waals surface area contributed by atoms with Gasteiger partial charge in [0.05, 0.1) is 12.1 Å². The van der Waals surface area contributed by atoms with E-state index in [4.69, 9.17) is 9.47 Å². The zero-order valence-electron chi connectivity index (χ0n) is 32.9. The summed E-state index contributed by atoms with van der Waals surface area (Å²) < 4.78 is 11.3. The van der Waals surface area contributed by atoms with Crippen LogP contribution in [0.25, 0.3) is 0 Å². The van der Waals surface area contributed by atoms with E-state index in [1.54, 1.807) is 26.2 Å². The number of nitrogens with zero attached hydrogens (tertiary/aromatic N) is 3. The van der Waals surface area contributed by atoms with Crippen molar-refractivity contribution in [2.75, 3.05) is 0 Å². The molecule has 4 heterocycles. The molecule has 0 fully saturated rings. The molecule has 2 aliphatic rings. The highest BCUT2D eigenvalue weighted by atomic mass is 32.1. The van der Waals surface area contributed by atoms with Gasteiger partial charge in [-0.05, 0) is 51.0 Å². The van der Waals surface area contributed by atoms with E-state index in [1.807, 2.05) is 51.1 Å². The molecule has 1 aromatic carbocycles.